The molecular formula is C12H20N4OS. The van der Waals surface area contributed by atoms with Crippen molar-refractivity contribution in [3.63, 3.8) is 0 Å². The maximum absolute atomic E-state index is 12.4. The molecule has 0 aromatic carbocycles. The van der Waals surface area contributed by atoms with Gasteiger partial charge in [-0.15, -0.1) is 0 Å². The molecule has 2 heterocycles. The Bertz CT molecular complexity index is 443. The van der Waals surface area contributed by atoms with Gasteiger partial charge in [0.1, 0.15) is 11.4 Å². The Morgan fingerprint density at radius 2 is 2.33 bits per heavy atom. The molecule has 100 valence electrons. The van der Waals surface area contributed by atoms with E-state index in [-0.39, 0.29) is 5.91 Å². The minimum atomic E-state index is 0.00606. The fraction of sp³-hybridized carbons (Fsp3) is 0.667. The van der Waals surface area contributed by atoms with Crippen LogP contribution in [0, 0.1) is 5.92 Å². The number of anilines is 1. The van der Waals surface area contributed by atoms with Crippen LogP contribution in [0.15, 0.2) is 6.20 Å². The number of carbonyl (C=O) groups is 1. The first kappa shape index (κ1) is 13.3. The third-order valence-corrected chi connectivity index (χ3v) is 4.88. The van der Waals surface area contributed by atoms with Gasteiger partial charge in [0.25, 0.3) is 5.91 Å². The van der Waals surface area contributed by atoms with Crippen LogP contribution in [0.5, 0.6) is 0 Å². The molecule has 0 aliphatic carbocycles. The largest absolute Gasteiger partial charge is 0.383 e. The lowest BCUT2D eigenvalue weighted by Crippen LogP contribution is -2.43. The molecule has 1 saturated heterocycles. The summed E-state index contributed by atoms with van der Waals surface area (Å²) >= 11 is 1.95. The van der Waals surface area contributed by atoms with Gasteiger partial charge in [-0.3, -0.25) is 9.48 Å². The molecule has 1 aromatic rings. The van der Waals surface area contributed by atoms with Gasteiger partial charge in [-0.2, -0.15) is 16.9 Å². The number of hydrogen-bond donors (Lipinski definition) is 1. The second kappa shape index (κ2) is 5.22. The lowest BCUT2D eigenvalue weighted by Gasteiger charge is -2.34. The minimum Gasteiger partial charge on any atom is -0.383 e. The fourth-order valence-electron chi connectivity index (χ4n) is 2.05. The normalized spacial score (nSPS) is 20.4. The Balaban J connectivity index is 2.12. The lowest BCUT2D eigenvalue weighted by molar-refractivity contribution is 0.0757. The number of aryl methyl sites for hydroxylation is 1. The van der Waals surface area contributed by atoms with Crippen LogP contribution in [0.1, 0.15) is 24.2 Å². The van der Waals surface area contributed by atoms with Crippen LogP contribution in [0.25, 0.3) is 0 Å². The third kappa shape index (κ3) is 2.48. The van der Waals surface area contributed by atoms with E-state index < -0.39 is 0 Å². The summed E-state index contributed by atoms with van der Waals surface area (Å²) in [5, 5.41) is 4.54. The SMILES string of the molecule is CC(C)[C@H]1CN(C(=O)c2cnn(C)c2N)CCS1. The molecule has 1 aliphatic rings. The summed E-state index contributed by atoms with van der Waals surface area (Å²) in [6.45, 7) is 5.99. The molecule has 0 saturated carbocycles. The second-order valence-corrected chi connectivity index (χ2v) is 6.32. The predicted molar refractivity (Wildman–Crippen MR) is 74.6 cm³/mol. The topological polar surface area (TPSA) is 64.2 Å². The second-order valence-electron chi connectivity index (χ2n) is 4.97. The number of nitrogens with zero attached hydrogens (tertiary/aromatic N) is 3. The molecule has 1 amide bonds. The molecule has 2 N–H and O–H groups in total. The highest BCUT2D eigenvalue weighted by atomic mass is 32.2. The molecule has 1 aliphatic heterocycles. The van der Waals surface area contributed by atoms with E-state index in [9.17, 15) is 4.79 Å². The number of rotatable bonds is 2. The number of carbonyl (C=O) groups excluding carboxylic acids is 1. The molecule has 1 fully saturated rings. The summed E-state index contributed by atoms with van der Waals surface area (Å²) in [6, 6.07) is 0. The van der Waals surface area contributed by atoms with E-state index in [1.165, 1.54) is 4.68 Å². The molecule has 0 spiro atoms. The highest BCUT2D eigenvalue weighted by Gasteiger charge is 2.28. The standard InChI is InChI=1S/C12H20N4OS/c1-8(2)10-7-16(4-5-18-10)12(17)9-6-14-15(3)11(9)13/h6,8,10H,4-5,7,13H2,1-3H3/t10-/m1/s1. The van der Waals surface area contributed by atoms with Crippen molar-refractivity contribution in [2.75, 3.05) is 24.6 Å². The zero-order chi connectivity index (χ0) is 13.3. The number of thioether (sulfide) groups is 1. The molecule has 5 nitrogen and oxygen atoms in total. The van der Waals surface area contributed by atoms with Crippen LogP contribution < -0.4 is 5.73 Å². The van der Waals surface area contributed by atoms with E-state index in [4.69, 9.17) is 5.73 Å². The van der Waals surface area contributed by atoms with Crippen molar-refractivity contribution in [2.45, 2.75) is 19.1 Å². The Morgan fingerprint density at radius 1 is 1.61 bits per heavy atom. The first-order valence-corrected chi connectivity index (χ1v) is 7.24. The van der Waals surface area contributed by atoms with E-state index in [1.807, 2.05) is 16.7 Å². The summed E-state index contributed by atoms with van der Waals surface area (Å²) in [7, 11) is 1.75. The maximum Gasteiger partial charge on any atom is 0.259 e. The predicted octanol–water partition coefficient (Wildman–Crippen LogP) is 1.22. The van der Waals surface area contributed by atoms with Gasteiger partial charge in [0.05, 0.1) is 6.20 Å². The molecular weight excluding hydrogens is 248 g/mol. The molecule has 0 unspecified atom stereocenters. The van der Waals surface area contributed by atoms with Gasteiger partial charge in [-0.25, -0.2) is 0 Å². The van der Waals surface area contributed by atoms with Gasteiger partial charge < -0.3 is 10.6 Å². The van der Waals surface area contributed by atoms with Crippen molar-refractivity contribution < 1.29 is 4.79 Å². The molecule has 1 aromatic heterocycles. The summed E-state index contributed by atoms with van der Waals surface area (Å²) in [6.07, 6.45) is 1.56. The van der Waals surface area contributed by atoms with E-state index >= 15 is 0 Å². The summed E-state index contributed by atoms with van der Waals surface area (Å²) in [4.78, 5) is 14.3. The van der Waals surface area contributed by atoms with Crippen LogP contribution in [0.2, 0.25) is 0 Å². The van der Waals surface area contributed by atoms with Crippen LogP contribution in [-0.4, -0.2) is 44.7 Å². The van der Waals surface area contributed by atoms with Crippen LogP contribution in [0.4, 0.5) is 5.82 Å². The third-order valence-electron chi connectivity index (χ3n) is 3.34. The molecule has 18 heavy (non-hydrogen) atoms. The minimum absolute atomic E-state index is 0.00606. The Hall–Kier alpha value is -1.17. The molecule has 1 atom stereocenters. The summed E-state index contributed by atoms with van der Waals surface area (Å²) < 4.78 is 1.53. The maximum atomic E-state index is 12.4. The van der Waals surface area contributed by atoms with Crippen molar-refractivity contribution >= 4 is 23.5 Å². The number of aromatic nitrogens is 2. The quantitative estimate of drug-likeness (QED) is 0.876. The average molecular weight is 268 g/mol. The first-order valence-electron chi connectivity index (χ1n) is 6.19. The van der Waals surface area contributed by atoms with Crippen molar-refractivity contribution in [2.24, 2.45) is 13.0 Å². The van der Waals surface area contributed by atoms with Gasteiger partial charge in [0.15, 0.2) is 0 Å². The molecule has 0 radical (unpaired) electrons. The van der Waals surface area contributed by atoms with Gasteiger partial charge in [0.2, 0.25) is 0 Å². The van der Waals surface area contributed by atoms with E-state index in [0.29, 0.717) is 22.5 Å². The Morgan fingerprint density at radius 3 is 2.89 bits per heavy atom. The van der Waals surface area contributed by atoms with Gasteiger partial charge >= 0.3 is 0 Å². The van der Waals surface area contributed by atoms with Gasteiger partial charge in [-0.1, -0.05) is 13.8 Å². The number of nitrogen functional groups attached to an aromatic ring is 1. The molecule has 0 bridgehead atoms. The summed E-state index contributed by atoms with van der Waals surface area (Å²) in [5.74, 6) is 2.03. The van der Waals surface area contributed by atoms with Crippen LogP contribution in [0.3, 0.4) is 0 Å². The number of amides is 1. The monoisotopic (exact) mass is 268 g/mol. The zero-order valence-electron chi connectivity index (χ0n) is 11.1. The van der Waals surface area contributed by atoms with Crippen LogP contribution in [-0.2, 0) is 7.05 Å². The molecule has 2 rings (SSSR count). The first-order chi connectivity index (χ1) is 8.50. The average Bonchev–Trinajstić information content (AvgIpc) is 2.69. The van der Waals surface area contributed by atoms with Crippen LogP contribution >= 0.6 is 11.8 Å². The Labute approximate surface area is 112 Å². The molecule has 6 heteroatoms. The van der Waals surface area contributed by atoms with Crippen molar-refractivity contribution in [1.29, 1.82) is 0 Å². The summed E-state index contributed by atoms with van der Waals surface area (Å²) in [5.41, 5.74) is 6.37. The van der Waals surface area contributed by atoms with E-state index in [0.717, 1.165) is 18.8 Å². The number of nitrogens with two attached hydrogens (primary N) is 1. The van der Waals surface area contributed by atoms with E-state index in [1.54, 1.807) is 13.2 Å². The smallest absolute Gasteiger partial charge is 0.259 e. The van der Waals surface area contributed by atoms with Crippen molar-refractivity contribution in [3.05, 3.63) is 11.8 Å². The zero-order valence-corrected chi connectivity index (χ0v) is 11.9. The van der Waals surface area contributed by atoms with Gasteiger partial charge in [-0.05, 0) is 5.92 Å². The van der Waals surface area contributed by atoms with Crippen molar-refractivity contribution in [3.8, 4) is 0 Å². The highest BCUT2D eigenvalue weighted by molar-refractivity contribution is 8.00. The highest BCUT2D eigenvalue weighted by Crippen LogP contribution is 2.26. The van der Waals surface area contributed by atoms with Gasteiger partial charge in [0, 0.05) is 31.1 Å². The van der Waals surface area contributed by atoms with E-state index in [2.05, 4.69) is 18.9 Å². The lowest BCUT2D eigenvalue weighted by atomic mass is 10.1. The Kier molecular flexibility index (Phi) is 3.85. The fourth-order valence-corrected chi connectivity index (χ4v) is 3.34. The number of hydrogen-bond acceptors (Lipinski definition) is 4. The van der Waals surface area contributed by atoms with Crippen molar-refractivity contribution in [1.82, 2.24) is 14.7 Å².